The Hall–Kier alpha value is -2.88. The number of anilines is 1. The quantitative estimate of drug-likeness (QED) is 0.741. The second-order valence-electron chi connectivity index (χ2n) is 5.64. The van der Waals surface area contributed by atoms with Gasteiger partial charge in [0.2, 0.25) is 5.91 Å². The summed E-state index contributed by atoms with van der Waals surface area (Å²) in [4.78, 5) is 34.8. The first-order chi connectivity index (χ1) is 11.3. The molecule has 0 fully saturated rings. The fraction of sp³-hybridized carbons (Fsp3) is 0.412. The van der Waals surface area contributed by atoms with E-state index in [9.17, 15) is 14.4 Å². The maximum Gasteiger partial charge on any atom is 0.338 e. The summed E-state index contributed by atoms with van der Waals surface area (Å²) in [5.41, 5.74) is 0.730. The highest BCUT2D eigenvalue weighted by molar-refractivity contribution is 5.94. The van der Waals surface area contributed by atoms with Gasteiger partial charge in [0.25, 0.3) is 5.91 Å². The van der Waals surface area contributed by atoms with Crippen molar-refractivity contribution in [2.45, 2.75) is 33.2 Å². The molecule has 1 aromatic carbocycles. The van der Waals surface area contributed by atoms with Gasteiger partial charge >= 0.3 is 5.97 Å². The molecule has 1 rings (SSSR count). The summed E-state index contributed by atoms with van der Waals surface area (Å²) in [5, 5.41) is 13.7. The van der Waals surface area contributed by atoms with E-state index in [4.69, 9.17) is 10.00 Å². The molecule has 24 heavy (non-hydrogen) atoms. The minimum atomic E-state index is -0.628. The van der Waals surface area contributed by atoms with Crippen LogP contribution >= 0.6 is 0 Å². The molecule has 128 valence electrons. The van der Waals surface area contributed by atoms with Gasteiger partial charge in [-0.25, -0.2) is 4.79 Å². The van der Waals surface area contributed by atoms with E-state index >= 15 is 0 Å². The molecule has 0 saturated carbocycles. The summed E-state index contributed by atoms with van der Waals surface area (Å²) in [5.74, 6) is -1.13. The number of carbonyl (C=O) groups excluding carboxylic acids is 3. The molecule has 7 nitrogen and oxygen atoms in total. The number of rotatable bonds is 7. The smallest absolute Gasteiger partial charge is 0.338 e. The van der Waals surface area contributed by atoms with Crippen LogP contribution in [0.3, 0.4) is 0 Å². The van der Waals surface area contributed by atoms with Crippen LogP contribution in [0.2, 0.25) is 0 Å². The van der Waals surface area contributed by atoms with Gasteiger partial charge < -0.3 is 15.4 Å². The van der Waals surface area contributed by atoms with E-state index in [1.807, 2.05) is 20.8 Å². The van der Waals surface area contributed by atoms with Gasteiger partial charge in [-0.1, -0.05) is 13.8 Å². The first-order valence-electron chi connectivity index (χ1n) is 7.56. The maximum absolute atomic E-state index is 11.9. The van der Waals surface area contributed by atoms with E-state index in [1.54, 1.807) is 6.07 Å². The first-order valence-corrected chi connectivity index (χ1v) is 7.56. The van der Waals surface area contributed by atoms with Gasteiger partial charge in [-0.3, -0.25) is 9.59 Å². The van der Waals surface area contributed by atoms with Gasteiger partial charge in [-0.05, 0) is 37.1 Å². The Morgan fingerprint density at radius 1 is 1.12 bits per heavy atom. The average molecular weight is 331 g/mol. The van der Waals surface area contributed by atoms with Crippen LogP contribution in [0, 0.1) is 17.2 Å². The highest BCUT2D eigenvalue weighted by Crippen LogP contribution is 2.11. The fourth-order valence-electron chi connectivity index (χ4n) is 1.64. The summed E-state index contributed by atoms with van der Waals surface area (Å²) in [7, 11) is 0. The highest BCUT2D eigenvalue weighted by atomic mass is 16.5. The number of hydrogen-bond donors (Lipinski definition) is 2. The molecule has 0 radical (unpaired) electrons. The van der Waals surface area contributed by atoms with Gasteiger partial charge in [0.05, 0.1) is 11.6 Å². The zero-order valence-electron chi connectivity index (χ0n) is 14.0. The number of nitrogens with zero attached hydrogens (tertiary/aromatic N) is 1. The van der Waals surface area contributed by atoms with Crippen LogP contribution in [-0.4, -0.2) is 30.4 Å². The van der Waals surface area contributed by atoms with E-state index in [0.717, 1.165) is 0 Å². The number of carbonyl (C=O) groups is 3. The molecule has 0 unspecified atom stereocenters. The van der Waals surface area contributed by atoms with Crippen molar-refractivity contribution < 1.29 is 19.1 Å². The zero-order valence-corrected chi connectivity index (χ0v) is 14.0. The summed E-state index contributed by atoms with van der Waals surface area (Å²) < 4.78 is 4.95. The number of ether oxygens (including phenoxy) is 1. The number of amides is 2. The molecule has 0 saturated heterocycles. The Labute approximate surface area is 141 Å². The normalized spacial score (nSPS) is 11.3. The van der Waals surface area contributed by atoms with Gasteiger partial charge in [0.1, 0.15) is 6.42 Å². The third kappa shape index (κ3) is 6.48. The summed E-state index contributed by atoms with van der Waals surface area (Å²) in [6, 6.07) is 7.72. The minimum absolute atomic E-state index is 0.00694. The third-order valence-electron chi connectivity index (χ3n) is 3.37. The maximum atomic E-state index is 11.9. The molecular formula is C17H21N3O4. The van der Waals surface area contributed by atoms with Crippen LogP contribution in [-0.2, 0) is 14.3 Å². The molecule has 0 aliphatic heterocycles. The number of benzene rings is 1. The predicted octanol–water partition coefficient (Wildman–Crippen LogP) is 1.86. The standard InChI is InChI=1S/C17H21N3O4/c1-11(2)12(3)19-16(22)10-24-17(23)13-4-6-14(7-5-13)20-15(21)8-9-18/h4-7,11-12H,8,10H2,1-3H3,(H,19,22)(H,20,21)/t12-/m1/s1. The van der Waals surface area contributed by atoms with Crippen molar-refractivity contribution in [3.05, 3.63) is 29.8 Å². The van der Waals surface area contributed by atoms with Crippen molar-refractivity contribution in [1.29, 1.82) is 5.26 Å². The summed E-state index contributed by atoms with van der Waals surface area (Å²) in [6.07, 6.45) is -0.242. The fourth-order valence-corrected chi connectivity index (χ4v) is 1.64. The van der Waals surface area contributed by atoms with Gasteiger partial charge in [0.15, 0.2) is 6.61 Å². The molecule has 2 N–H and O–H groups in total. The first kappa shape index (κ1) is 19.2. The van der Waals surface area contributed by atoms with Crippen molar-refractivity contribution in [1.82, 2.24) is 5.32 Å². The van der Waals surface area contributed by atoms with Crippen molar-refractivity contribution in [2.75, 3.05) is 11.9 Å². The molecule has 1 atom stereocenters. The molecule has 0 aliphatic rings. The summed E-state index contributed by atoms with van der Waals surface area (Å²) >= 11 is 0. The van der Waals surface area contributed by atoms with Crippen LogP contribution in [0.25, 0.3) is 0 Å². The topological polar surface area (TPSA) is 108 Å². The minimum Gasteiger partial charge on any atom is -0.452 e. The Morgan fingerprint density at radius 2 is 1.75 bits per heavy atom. The van der Waals surface area contributed by atoms with Gasteiger partial charge in [0, 0.05) is 11.7 Å². The number of nitrogens with one attached hydrogen (secondary N) is 2. The van der Waals surface area contributed by atoms with Crippen molar-refractivity contribution in [3.8, 4) is 6.07 Å². The lowest BCUT2D eigenvalue weighted by Gasteiger charge is -2.17. The molecule has 1 aromatic rings. The predicted molar refractivity (Wildman–Crippen MR) is 88.0 cm³/mol. The molecule has 0 aromatic heterocycles. The molecule has 2 amide bonds. The van der Waals surface area contributed by atoms with Crippen molar-refractivity contribution >= 4 is 23.5 Å². The number of nitriles is 1. The second-order valence-corrected chi connectivity index (χ2v) is 5.64. The van der Waals surface area contributed by atoms with E-state index < -0.39 is 11.9 Å². The third-order valence-corrected chi connectivity index (χ3v) is 3.37. The molecule has 0 heterocycles. The van der Waals surface area contributed by atoms with E-state index in [1.165, 1.54) is 24.3 Å². The molecular weight excluding hydrogens is 310 g/mol. The van der Waals surface area contributed by atoms with E-state index in [2.05, 4.69) is 10.6 Å². The SMILES string of the molecule is CC(C)[C@@H](C)NC(=O)COC(=O)c1ccc(NC(=O)CC#N)cc1. The number of hydrogen-bond acceptors (Lipinski definition) is 5. The zero-order chi connectivity index (χ0) is 18.1. The Balaban J connectivity index is 2.49. The van der Waals surface area contributed by atoms with Crippen LogP contribution < -0.4 is 10.6 Å². The number of esters is 1. The van der Waals surface area contributed by atoms with Crippen LogP contribution in [0.15, 0.2) is 24.3 Å². The second kappa shape index (κ2) is 9.30. The van der Waals surface area contributed by atoms with E-state index in [0.29, 0.717) is 5.69 Å². The van der Waals surface area contributed by atoms with Crippen LogP contribution in [0.1, 0.15) is 37.6 Å². The largest absolute Gasteiger partial charge is 0.452 e. The van der Waals surface area contributed by atoms with Gasteiger partial charge in [-0.15, -0.1) is 0 Å². The lowest BCUT2D eigenvalue weighted by atomic mass is 10.1. The monoisotopic (exact) mass is 331 g/mol. The van der Waals surface area contributed by atoms with Crippen molar-refractivity contribution in [2.24, 2.45) is 5.92 Å². The molecule has 0 spiro atoms. The van der Waals surface area contributed by atoms with Gasteiger partial charge in [-0.2, -0.15) is 5.26 Å². The molecule has 0 bridgehead atoms. The van der Waals surface area contributed by atoms with Crippen LogP contribution in [0.5, 0.6) is 0 Å². The Bertz CT molecular complexity index is 632. The Morgan fingerprint density at radius 3 is 2.29 bits per heavy atom. The average Bonchev–Trinajstić information content (AvgIpc) is 2.53. The summed E-state index contributed by atoms with van der Waals surface area (Å²) in [6.45, 7) is 5.49. The Kier molecular flexibility index (Phi) is 7.43. The van der Waals surface area contributed by atoms with Crippen LogP contribution in [0.4, 0.5) is 5.69 Å². The van der Waals surface area contributed by atoms with Crippen molar-refractivity contribution in [3.63, 3.8) is 0 Å². The molecule has 7 heteroatoms. The van der Waals surface area contributed by atoms with E-state index in [-0.39, 0.29) is 36.5 Å². The molecule has 0 aliphatic carbocycles. The highest BCUT2D eigenvalue weighted by Gasteiger charge is 2.14. The lowest BCUT2D eigenvalue weighted by molar-refractivity contribution is -0.125. The lowest BCUT2D eigenvalue weighted by Crippen LogP contribution is -2.38.